The zero-order valence-electron chi connectivity index (χ0n) is 16.9. The molecule has 1 heterocycles. The molecular formula is C22H21FO7. The van der Waals surface area contributed by atoms with E-state index in [9.17, 15) is 19.4 Å². The number of ether oxygens (including phenoxy) is 3. The van der Waals surface area contributed by atoms with E-state index in [1.54, 1.807) is 19.1 Å². The molecule has 3 rings (SSSR count). The lowest BCUT2D eigenvalue weighted by atomic mass is 9.90. The normalized spacial score (nSPS) is 12.9. The Morgan fingerprint density at radius 3 is 2.13 bits per heavy atom. The quantitative estimate of drug-likeness (QED) is 0.605. The Labute approximate surface area is 172 Å². The standard InChI is InChI=1S/C22H21FO7/c1-12-5-6-13(9-15(12)23)16-7-8-19(30-16)22(26,21(24)25)14-10-17(27-2)20(29-4)18(11-14)28-3/h5-11,26H,1-4H3,(H,24,25). The number of methoxy groups -OCH3 is 3. The van der Waals surface area contributed by atoms with Gasteiger partial charge in [-0.15, -0.1) is 0 Å². The Balaban J connectivity index is 2.15. The van der Waals surface area contributed by atoms with Gasteiger partial charge in [-0.05, 0) is 42.8 Å². The number of carboxylic acids is 1. The molecule has 0 spiro atoms. The molecule has 1 atom stereocenters. The number of aliphatic hydroxyl groups is 1. The van der Waals surface area contributed by atoms with Crippen LogP contribution in [-0.2, 0) is 10.4 Å². The van der Waals surface area contributed by atoms with E-state index in [1.165, 1.54) is 51.7 Å². The van der Waals surface area contributed by atoms with Crippen LogP contribution in [0.1, 0.15) is 16.9 Å². The molecule has 2 aromatic carbocycles. The van der Waals surface area contributed by atoms with Crippen molar-refractivity contribution in [1.82, 2.24) is 0 Å². The van der Waals surface area contributed by atoms with E-state index in [1.807, 2.05) is 0 Å². The fraction of sp³-hybridized carbons (Fsp3) is 0.227. The molecule has 0 aliphatic rings. The highest BCUT2D eigenvalue weighted by Crippen LogP contribution is 2.43. The van der Waals surface area contributed by atoms with Crippen LogP contribution < -0.4 is 14.2 Å². The van der Waals surface area contributed by atoms with Crippen LogP contribution >= 0.6 is 0 Å². The second-order valence-electron chi connectivity index (χ2n) is 6.56. The van der Waals surface area contributed by atoms with E-state index in [0.717, 1.165) is 0 Å². The Morgan fingerprint density at radius 1 is 1.00 bits per heavy atom. The number of aliphatic carboxylic acids is 1. The lowest BCUT2D eigenvalue weighted by Gasteiger charge is -2.24. The van der Waals surface area contributed by atoms with Crippen LogP contribution in [0.2, 0.25) is 0 Å². The first-order valence-corrected chi connectivity index (χ1v) is 8.89. The maximum Gasteiger partial charge on any atom is 0.348 e. The summed E-state index contributed by atoms with van der Waals surface area (Å²) in [4.78, 5) is 12.1. The molecular weight excluding hydrogens is 395 g/mol. The first-order chi connectivity index (χ1) is 14.3. The van der Waals surface area contributed by atoms with Gasteiger partial charge in [0.2, 0.25) is 11.4 Å². The summed E-state index contributed by atoms with van der Waals surface area (Å²) in [5.74, 6) is -1.49. The molecule has 158 valence electrons. The summed E-state index contributed by atoms with van der Waals surface area (Å²) in [7, 11) is 4.15. The van der Waals surface area contributed by atoms with Crippen molar-refractivity contribution < 1.29 is 38.0 Å². The van der Waals surface area contributed by atoms with E-state index in [-0.39, 0.29) is 34.3 Å². The lowest BCUT2D eigenvalue weighted by Crippen LogP contribution is -2.36. The molecule has 0 aliphatic carbocycles. The summed E-state index contributed by atoms with van der Waals surface area (Å²) in [6.07, 6.45) is 0. The molecule has 2 N–H and O–H groups in total. The highest BCUT2D eigenvalue weighted by Gasteiger charge is 2.44. The highest BCUT2D eigenvalue weighted by molar-refractivity contribution is 5.84. The van der Waals surface area contributed by atoms with Gasteiger partial charge < -0.3 is 28.8 Å². The van der Waals surface area contributed by atoms with Gasteiger partial charge in [-0.2, -0.15) is 0 Å². The monoisotopic (exact) mass is 416 g/mol. The molecule has 0 aliphatic heterocycles. The summed E-state index contributed by atoms with van der Waals surface area (Å²) >= 11 is 0. The van der Waals surface area contributed by atoms with Gasteiger partial charge in [0.1, 0.15) is 11.6 Å². The first kappa shape index (κ1) is 21.2. The van der Waals surface area contributed by atoms with Gasteiger partial charge in [-0.25, -0.2) is 9.18 Å². The summed E-state index contributed by atoms with van der Waals surface area (Å²) in [5.41, 5.74) is -1.76. The van der Waals surface area contributed by atoms with E-state index < -0.39 is 17.4 Å². The van der Waals surface area contributed by atoms with Crippen molar-refractivity contribution in [2.24, 2.45) is 0 Å². The van der Waals surface area contributed by atoms with E-state index in [0.29, 0.717) is 11.1 Å². The minimum absolute atomic E-state index is 0.0690. The van der Waals surface area contributed by atoms with Crippen LogP contribution in [0.4, 0.5) is 4.39 Å². The van der Waals surface area contributed by atoms with Gasteiger partial charge in [0.15, 0.2) is 17.3 Å². The van der Waals surface area contributed by atoms with Gasteiger partial charge in [-0.3, -0.25) is 0 Å². The molecule has 0 saturated heterocycles. The lowest BCUT2D eigenvalue weighted by molar-refractivity contribution is -0.156. The number of furan rings is 1. The number of carbonyl (C=O) groups is 1. The average Bonchev–Trinajstić information content (AvgIpc) is 3.24. The number of hydrogen-bond donors (Lipinski definition) is 2. The van der Waals surface area contributed by atoms with Crippen molar-refractivity contribution in [2.45, 2.75) is 12.5 Å². The number of halogens is 1. The van der Waals surface area contributed by atoms with Crippen LogP contribution in [0.15, 0.2) is 46.9 Å². The Morgan fingerprint density at radius 2 is 1.63 bits per heavy atom. The van der Waals surface area contributed by atoms with Gasteiger partial charge in [-0.1, -0.05) is 12.1 Å². The SMILES string of the molecule is COc1cc(C(O)(C(=O)O)c2ccc(-c3ccc(C)c(F)c3)o2)cc(OC)c1OC. The maximum absolute atomic E-state index is 13.9. The van der Waals surface area contributed by atoms with Crippen LogP contribution in [0.25, 0.3) is 11.3 Å². The number of aryl methyl sites for hydroxylation is 1. The summed E-state index contributed by atoms with van der Waals surface area (Å²) in [6, 6.07) is 9.93. The minimum atomic E-state index is -2.56. The second kappa shape index (κ2) is 8.08. The number of rotatable bonds is 7. The number of carboxylic acid groups (broad SMARTS) is 1. The smallest absolute Gasteiger partial charge is 0.348 e. The van der Waals surface area contributed by atoms with Crippen molar-refractivity contribution in [3.05, 3.63) is 65.2 Å². The van der Waals surface area contributed by atoms with Crippen LogP contribution in [0.5, 0.6) is 17.2 Å². The molecule has 0 bridgehead atoms. The predicted octanol–water partition coefficient (Wildman–Crippen LogP) is 3.74. The van der Waals surface area contributed by atoms with Gasteiger partial charge in [0, 0.05) is 11.1 Å². The molecule has 0 fully saturated rings. The third-order valence-corrected chi connectivity index (χ3v) is 4.81. The first-order valence-electron chi connectivity index (χ1n) is 8.89. The highest BCUT2D eigenvalue weighted by atomic mass is 19.1. The summed E-state index contributed by atoms with van der Waals surface area (Å²) < 4.78 is 35.3. The molecule has 0 amide bonds. The van der Waals surface area contributed by atoms with Crippen molar-refractivity contribution in [1.29, 1.82) is 0 Å². The molecule has 0 radical (unpaired) electrons. The molecule has 0 saturated carbocycles. The van der Waals surface area contributed by atoms with Crippen molar-refractivity contribution in [3.8, 4) is 28.6 Å². The van der Waals surface area contributed by atoms with Crippen molar-refractivity contribution in [3.63, 3.8) is 0 Å². The molecule has 8 heteroatoms. The van der Waals surface area contributed by atoms with Crippen molar-refractivity contribution in [2.75, 3.05) is 21.3 Å². The topological polar surface area (TPSA) is 98.4 Å². The van der Waals surface area contributed by atoms with Gasteiger partial charge >= 0.3 is 5.97 Å². The Bertz CT molecular complexity index is 1060. The molecule has 30 heavy (non-hydrogen) atoms. The number of hydrogen-bond acceptors (Lipinski definition) is 6. The molecule has 1 aromatic heterocycles. The van der Waals surface area contributed by atoms with Crippen LogP contribution in [0.3, 0.4) is 0 Å². The van der Waals surface area contributed by atoms with Crippen molar-refractivity contribution >= 4 is 5.97 Å². The van der Waals surface area contributed by atoms with Crippen LogP contribution in [0, 0.1) is 12.7 Å². The minimum Gasteiger partial charge on any atom is -0.493 e. The summed E-state index contributed by atoms with van der Waals surface area (Å²) in [5, 5.41) is 21.0. The number of benzene rings is 2. The zero-order valence-corrected chi connectivity index (χ0v) is 16.9. The Kier molecular flexibility index (Phi) is 5.71. The molecule has 1 unspecified atom stereocenters. The molecule has 7 nitrogen and oxygen atoms in total. The Hall–Kier alpha value is -3.52. The maximum atomic E-state index is 13.9. The fourth-order valence-electron chi connectivity index (χ4n) is 3.09. The third-order valence-electron chi connectivity index (χ3n) is 4.81. The molecule has 3 aromatic rings. The average molecular weight is 416 g/mol. The fourth-order valence-corrected chi connectivity index (χ4v) is 3.09. The largest absolute Gasteiger partial charge is 0.493 e. The van der Waals surface area contributed by atoms with Gasteiger partial charge in [0.05, 0.1) is 21.3 Å². The third kappa shape index (κ3) is 3.46. The second-order valence-corrected chi connectivity index (χ2v) is 6.56. The van der Waals surface area contributed by atoms with Gasteiger partial charge in [0.25, 0.3) is 0 Å². The zero-order chi connectivity index (χ0) is 22.1. The predicted molar refractivity (Wildman–Crippen MR) is 106 cm³/mol. The summed E-state index contributed by atoms with van der Waals surface area (Å²) in [6.45, 7) is 1.63. The van der Waals surface area contributed by atoms with E-state index >= 15 is 0 Å². The van der Waals surface area contributed by atoms with E-state index in [2.05, 4.69) is 0 Å². The van der Waals surface area contributed by atoms with E-state index in [4.69, 9.17) is 18.6 Å². The van der Waals surface area contributed by atoms with Crippen LogP contribution in [-0.4, -0.2) is 37.5 Å².